The Balaban J connectivity index is 1.81. The number of nitrogens with one attached hydrogen (secondary N) is 2. The maximum Gasteiger partial charge on any atom is 0.261 e. The largest absolute Gasteiger partial charge is 0.319 e. The fourth-order valence-corrected chi connectivity index (χ4v) is 4.20. The summed E-state index contributed by atoms with van der Waals surface area (Å²) in [5.74, 6) is -1.87. The lowest BCUT2D eigenvalue weighted by Gasteiger charge is -2.11. The Labute approximate surface area is 188 Å². The van der Waals surface area contributed by atoms with Crippen LogP contribution < -0.4 is 10.0 Å². The first kappa shape index (κ1) is 22.7. The van der Waals surface area contributed by atoms with Gasteiger partial charge in [-0.15, -0.1) is 0 Å². The maximum atomic E-state index is 14.5. The van der Waals surface area contributed by atoms with E-state index in [1.54, 1.807) is 6.07 Å². The van der Waals surface area contributed by atoms with Gasteiger partial charge in [0.15, 0.2) is 5.78 Å². The number of hydrogen-bond acceptors (Lipinski definition) is 4. The van der Waals surface area contributed by atoms with Crippen molar-refractivity contribution in [2.24, 2.45) is 0 Å². The SMILES string of the molecule is CC(=O)c1cccc(NS(=O)(=O)c2ccc(NC(=O)c3ccc(Cl)cc3Cl)c(F)c2)c1. The quantitative estimate of drug-likeness (QED) is 0.462. The van der Waals surface area contributed by atoms with Gasteiger partial charge in [0.25, 0.3) is 15.9 Å². The van der Waals surface area contributed by atoms with Gasteiger partial charge in [-0.3, -0.25) is 14.3 Å². The minimum atomic E-state index is -4.14. The molecule has 160 valence electrons. The van der Waals surface area contributed by atoms with Gasteiger partial charge in [-0.05, 0) is 55.5 Å². The maximum absolute atomic E-state index is 14.5. The summed E-state index contributed by atoms with van der Waals surface area (Å²) >= 11 is 11.8. The van der Waals surface area contributed by atoms with Crippen LogP contribution in [0.4, 0.5) is 15.8 Å². The number of halogens is 3. The Kier molecular flexibility index (Phi) is 6.64. The van der Waals surface area contributed by atoms with E-state index in [9.17, 15) is 22.4 Å². The molecule has 0 bridgehead atoms. The van der Waals surface area contributed by atoms with Crippen molar-refractivity contribution in [1.29, 1.82) is 0 Å². The van der Waals surface area contributed by atoms with Crippen LogP contribution in [0.3, 0.4) is 0 Å². The Morgan fingerprint density at radius 1 is 0.968 bits per heavy atom. The number of benzene rings is 3. The molecule has 3 rings (SSSR count). The average Bonchev–Trinajstić information content (AvgIpc) is 2.69. The fraction of sp³-hybridized carbons (Fsp3) is 0.0476. The number of Topliss-reactive ketones (excluding diaryl/α,β-unsaturated/α-hetero) is 1. The van der Waals surface area contributed by atoms with Crippen molar-refractivity contribution >= 4 is 56.3 Å². The summed E-state index contributed by atoms with van der Waals surface area (Å²) in [5, 5.41) is 2.76. The van der Waals surface area contributed by atoms with E-state index in [1.807, 2.05) is 0 Å². The second kappa shape index (κ2) is 9.05. The Bertz CT molecular complexity index is 1300. The molecule has 0 aromatic heterocycles. The monoisotopic (exact) mass is 480 g/mol. The van der Waals surface area contributed by atoms with E-state index in [0.29, 0.717) is 10.6 Å². The lowest BCUT2D eigenvalue weighted by molar-refractivity contribution is 0.101. The van der Waals surface area contributed by atoms with Crippen molar-refractivity contribution in [1.82, 2.24) is 0 Å². The van der Waals surface area contributed by atoms with E-state index < -0.39 is 21.7 Å². The predicted molar refractivity (Wildman–Crippen MR) is 118 cm³/mol. The zero-order chi connectivity index (χ0) is 22.8. The van der Waals surface area contributed by atoms with E-state index >= 15 is 0 Å². The standard InChI is InChI=1S/C21H15Cl2FN2O4S/c1-12(27)13-3-2-4-15(9-13)26-31(29,30)16-6-8-20(19(24)11-16)25-21(28)17-7-5-14(22)10-18(17)23/h2-11,26H,1H3,(H,25,28). The summed E-state index contributed by atoms with van der Waals surface area (Å²) in [6.07, 6.45) is 0. The molecule has 0 heterocycles. The lowest BCUT2D eigenvalue weighted by Crippen LogP contribution is -2.16. The number of amides is 1. The van der Waals surface area contributed by atoms with Crippen molar-refractivity contribution in [2.45, 2.75) is 11.8 Å². The highest BCUT2D eigenvalue weighted by atomic mass is 35.5. The third-order valence-electron chi connectivity index (χ3n) is 4.20. The van der Waals surface area contributed by atoms with Crippen LogP contribution in [0.15, 0.2) is 65.6 Å². The molecule has 0 spiro atoms. The van der Waals surface area contributed by atoms with Crippen LogP contribution in [0.25, 0.3) is 0 Å². The van der Waals surface area contributed by atoms with Gasteiger partial charge in [-0.2, -0.15) is 0 Å². The van der Waals surface area contributed by atoms with E-state index in [4.69, 9.17) is 23.2 Å². The topological polar surface area (TPSA) is 92.3 Å². The summed E-state index contributed by atoms with van der Waals surface area (Å²) in [5.41, 5.74) is 0.330. The smallest absolute Gasteiger partial charge is 0.261 e. The van der Waals surface area contributed by atoms with Crippen LogP contribution >= 0.6 is 23.2 Å². The van der Waals surface area contributed by atoms with Crippen molar-refractivity contribution in [3.8, 4) is 0 Å². The Hall–Kier alpha value is -2.94. The zero-order valence-corrected chi connectivity index (χ0v) is 18.3. The van der Waals surface area contributed by atoms with E-state index in [1.165, 1.54) is 43.3 Å². The Morgan fingerprint density at radius 2 is 1.71 bits per heavy atom. The molecule has 3 aromatic carbocycles. The lowest BCUT2D eigenvalue weighted by atomic mass is 10.1. The normalized spacial score (nSPS) is 11.1. The van der Waals surface area contributed by atoms with Gasteiger partial charge in [0.1, 0.15) is 5.82 Å². The third kappa shape index (κ3) is 5.41. The molecule has 0 saturated heterocycles. The Morgan fingerprint density at radius 3 is 2.35 bits per heavy atom. The molecule has 3 aromatic rings. The molecule has 1 amide bonds. The highest BCUT2D eigenvalue weighted by Crippen LogP contribution is 2.25. The van der Waals surface area contributed by atoms with E-state index in [2.05, 4.69) is 10.0 Å². The van der Waals surface area contributed by atoms with Crippen LogP contribution in [0, 0.1) is 5.82 Å². The van der Waals surface area contributed by atoms with Crippen molar-refractivity contribution in [2.75, 3.05) is 10.0 Å². The summed E-state index contributed by atoms with van der Waals surface area (Å²) < 4.78 is 42.0. The number of carbonyl (C=O) groups excluding carboxylic acids is 2. The molecule has 0 atom stereocenters. The van der Waals surface area contributed by atoms with Gasteiger partial charge in [-0.1, -0.05) is 35.3 Å². The summed E-state index contributed by atoms with van der Waals surface area (Å²) in [6.45, 7) is 1.35. The van der Waals surface area contributed by atoms with Crippen molar-refractivity contribution in [3.05, 3.63) is 87.7 Å². The molecule has 31 heavy (non-hydrogen) atoms. The third-order valence-corrected chi connectivity index (χ3v) is 6.12. The van der Waals surface area contributed by atoms with E-state index in [-0.39, 0.29) is 32.6 Å². The first-order chi connectivity index (χ1) is 14.6. The summed E-state index contributed by atoms with van der Waals surface area (Å²) in [7, 11) is -4.14. The molecule has 0 radical (unpaired) electrons. The second-order valence-electron chi connectivity index (χ2n) is 6.46. The molecule has 0 unspecified atom stereocenters. The minimum Gasteiger partial charge on any atom is -0.319 e. The second-order valence-corrected chi connectivity index (χ2v) is 8.99. The van der Waals surface area contributed by atoms with Gasteiger partial charge >= 0.3 is 0 Å². The molecule has 10 heteroatoms. The molecule has 0 fully saturated rings. The first-order valence-corrected chi connectivity index (χ1v) is 11.0. The van der Waals surface area contributed by atoms with Gasteiger partial charge in [0.2, 0.25) is 0 Å². The number of anilines is 2. The van der Waals surface area contributed by atoms with Crippen LogP contribution in [0.5, 0.6) is 0 Å². The fourth-order valence-electron chi connectivity index (χ4n) is 2.64. The zero-order valence-electron chi connectivity index (χ0n) is 15.9. The van der Waals surface area contributed by atoms with E-state index in [0.717, 1.165) is 18.2 Å². The summed E-state index contributed by atoms with van der Waals surface area (Å²) in [4.78, 5) is 23.5. The molecule has 6 nitrogen and oxygen atoms in total. The molecular formula is C21H15Cl2FN2O4S. The number of sulfonamides is 1. The minimum absolute atomic E-state index is 0.0779. The molecular weight excluding hydrogens is 466 g/mol. The highest BCUT2D eigenvalue weighted by molar-refractivity contribution is 7.92. The van der Waals surface area contributed by atoms with Crippen molar-refractivity contribution < 1.29 is 22.4 Å². The first-order valence-electron chi connectivity index (χ1n) is 8.76. The van der Waals surface area contributed by atoms with Crippen LogP contribution in [0.2, 0.25) is 10.0 Å². The molecule has 0 aliphatic heterocycles. The average molecular weight is 481 g/mol. The molecule has 0 aliphatic carbocycles. The number of carbonyl (C=O) groups is 2. The molecule has 0 saturated carbocycles. The summed E-state index contributed by atoms with van der Waals surface area (Å²) in [6, 6.07) is 13.2. The van der Waals surface area contributed by atoms with Crippen molar-refractivity contribution in [3.63, 3.8) is 0 Å². The van der Waals surface area contributed by atoms with Crippen LogP contribution in [0.1, 0.15) is 27.6 Å². The van der Waals surface area contributed by atoms with Crippen LogP contribution in [-0.4, -0.2) is 20.1 Å². The number of ketones is 1. The number of hydrogen-bond donors (Lipinski definition) is 2. The highest BCUT2D eigenvalue weighted by Gasteiger charge is 2.19. The molecule has 2 N–H and O–H groups in total. The van der Waals surface area contributed by atoms with Crippen LogP contribution in [-0.2, 0) is 10.0 Å². The van der Waals surface area contributed by atoms with Gasteiger partial charge in [0.05, 0.1) is 21.2 Å². The predicted octanol–water partition coefficient (Wildman–Crippen LogP) is 5.39. The van der Waals surface area contributed by atoms with Gasteiger partial charge in [-0.25, -0.2) is 12.8 Å². The molecule has 0 aliphatic rings. The van der Waals surface area contributed by atoms with Gasteiger partial charge in [0, 0.05) is 16.3 Å². The number of rotatable bonds is 6. The van der Waals surface area contributed by atoms with Gasteiger partial charge < -0.3 is 5.32 Å².